The van der Waals surface area contributed by atoms with E-state index < -0.39 is 0 Å². The second-order valence-corrected chi connectivity index (χ2v) is 6.31. The molecule has 0 amide bonds. The van der Waals surface area contributed by atoms with Crippen molar-refractivity contribution >= 4 is 39.5 Å². The summed E-state index contributed by atoms with van der Waals surface area (Å²) in [4.78, 5) is 4.57. The lowest BCUT2D eigenvalue weighted by Crippen LogP contribution is -1.92. The van der Waals surface area contributed by atoms with Crippen LogP contribution in [-0.4, -0.2) is 24.8 Å². The van der Waals surface area contributed by atoms with Gasteiger partial charge in [0.05, 0.1) is 0 Å². The zero-order chi connectivity index (χ0) is 16.0. The van der Waals surface area contributed by atoms with Gasteiger partial charge in [-0.3, -0.25) is 0 Å². The fraction of sp³-hybridized carbons (Fsp3) is 0. The number of benzene rings is 1. The van der Waals surface area contributed by atoms with E-state index in [4.69, 9.17) is 23.2 Å². The van der Waals surface area contributed by atoms with E-state index in [0.29, 0.717) is 32.1 Å². The van der Waals surface area contributed by atoms with Gasteiger partial charge in [-0.05, 0) is 24.3 Å². The first kappa shape index (κ1) is 14.5. The number of fused-ring (bicyclic) bond motifs is 1. The molecule has 0 aliphatic rings. The molecule has 0 saturated carbocycles. The first-order valence-electron chi connectivity index (χ1n) is 6.42. The minimum absolute atomic E-state index is 0.259. The minimum Gasteiger partial charge on any atom is -0.224 e. The number of hydrogen-bond donors (Lipinski definition) is 0. The van der Waals surface area contributed by atoms with E-state index in [1.807, 2.05) is 0 Å². The standard InChI is InChI=1S/C14H6Cl2FN5S/c15-10-5-4-9(11(16)18-10)13-21-22-12(19-20-14(22)23-13)7-2-1-3-8(17)6-7/h1-6H. The van der Waals surface area contributed by atoms with Crippen LogP contribution in [0.15, 0.2) is 36.4 Å². The molecule has 23 heavy (non-hydrogen) atoms. The second-order valence-electron chi connectivity index (χ2n) is 4.61. The van der Waals surface area contributed by atoms with Gasteiger partial charge in [-0.25, -0.2) is 9.37 Å². The van der Waals surface area contributed by atoms with Gasteiger partial charge in [0.15, 0.2) is 10.8 Å². The molecule has 0 fully saturated rings. The number of nitrogens with zero attached hydrogens (tertiary/aromatic N) is 5. The maximum atomic E-state index is 13.4. The van der Waals surface area contributed by atoms with E-state index in [2.05, 4.69) is 20.3 Å². The third-order valence-electron chi connectivity index (χ3n) is 3.12. The van der Waals surface area contributed by atoms with Crippen LogP contribution in [0.4, 0.5) is 4.39 Å². The van der Waals surface area contributed by atoms with Crippen LogP contribution in [0.3, 0.4) is 0 Å². The van der Waals surface area contributed by atoms with E-state index >= 15 is 0 Å². The average Bonchev–Trinajstić information content (AvgIpc) is 3.07. The Balaban J connectivity index is 1.86. The van der Waals surface area contributed by atoms with Crippen molar-refractivity contribution < 1.29 is 4.39 Å². The molecule has 0 saturated heterocycles. The zero-order valence-electron chi connectivity index (χ0n) is 11.2. The molecule has 1 aromatic carbocycles. The zero-order valence-corrected chi connectivity index (χ0v) is 13.6. The van der Waals surface area contributed by atoms with E-state index in [1.165, 1.54) is 23.5 Å². The Morgan fingerprint density at radius 2 is 1.96 bits per heavy atom. The van der Waals surface area contributed by atoms with Crippen molar-refractivity contribution in [1.82, 2.24) is 24.8 Å². The van der Waals surface area contributed by atoms with Crippen LogP contribution in [0.5, 0.6) is 0 Å². The smallest absolute Gasteiger partial charge is 0.224 e. The highest BCUT2D eigenvalue weighted by molar-refractivity contribution is 7.19. The summed E-state index contributed by atoms with van der Waals surface area (Å²) in [5.74, 6) is 0.111. The molecular formula is C14H6Cl2FN5S. The van der Waals surface area contributed by atoms with Gasteiger partial charge in [-0.2, -0.15) is 9.61 Å². The molecule has 0 bridgehead atoms. The van der Waals surface area contributed by atoms with Crippen LogP contribution < -0.4 is 0 Å². The van der Waals surface area contributed by atoms with Crippen LogP contribution in [0.1, 0.15) is 0 Å². The number of halogens is 3. The fourth-order valence-corrected chi connectivity index (χ4v) is 3.46. The summed E-state index contributed by atoms with van der Waals surface area (Å²) in [6.45, 7) is 0. The lowest BCUT2D eigenvalue weighted by molar-refractivity contribution is 0.628. The molecule has 0 radical (unpaired) electrons. The molecule has 0 atom stereocenters. The Morgan fingerprint density at radius 1 is 1.09 bits per heavy atom. The van der Waals surface area contributed by atoms with E-state index in [1.54, 1.807) is 28.8 Å². The van der Waals surface area contributed by atoms with Crippen molar-refractivity contribution in [3.63, 3.8) is 0 Å². The predicted octanol–water partition coefficient (Wildman–Crippen LogP) is 4.36. The van der Waals surface area contributed by atoms with Gasteiger partial charge in [-0.1, -0.05) is 46.7 Å². The number of pyridine rings is 1. The van der Waals surface area contributed by atoms with Crippen molar-refractivity contribution in [1.29, 1.82) is 0 Å². The highest BCUT2D eigenvalue weighted by Gasteiger charge is 2.17. The van der Waals surface area contributed by atoms with Crippen LogP contribution in [0, 0.1) is 5.82 Å². The van der Waals surface area contributed by atoms with E-state index in [-0.39, 0.29) is 11.0 Å². The molecule has 0 N–H and O–H groups in total. The molecule has 5 nitrogen and oxygen atoms in total. The number of hydrogen-bond acceptors (Lipinski definition) is 5. The molecule has 4 aromatic rings. The lowest BCUT2D eigenvalue weighted by Gasteiger charge is -1.99. The highest BCUT2D eigenvalue weighted by atomic mass is 35.5. The number of aromatic nitrogens is 5. The first-order chi connectivity index (χ1) is 11.1. The molecular weight excluding hydrogens is 360 g/mol. The Bertz CT molecular complexity index is 1030. The Hall–Kier alpha value is -2.09. The number of rotatable bonds is 2. The Labute approximate surface area is 143 Å². The van der Waals surface area contributed by atoms with Crippen LogP contribution in [0.25, 0.3) is 26.9 Å². The largest absolute Gasteiger partial charge is 0.235 e. The van der Waals surface area contributed by atoms with Crippen LogP contribution in [-0.2, 0) is 0 Å². The summed E-state index contributed by atoms with van der Waals surface area (Å²) in [7, 11) is 0. The molecule has 3 heterocycles. The SMILES string of the molecule is Fc1cccc(-c2nnc3sc(-c4ccc(Cl)nc4Cl)nn23)c1. The molecule has 0 unspecified atom stereocenters. The quantitative estimate of drug-likeness (QED) is 0.495. The topological polar surface area (TPSA) is 56.0 Å². The predicted molar refractivity (Wildman–Crippen MR) is 87.3 cm³/mol. The maximum absolute atomic E-state index is 13.4. The van der Waals surface area contributed by atoms with Crippen molar-refractivity contribution in [2.75, 3.05) is 0 Å². The second kappa shape index (κ2) is 5.52. The molecule has 114 valence electrons. The lowest BCUT2D eigenvalue weighted by atomic mass is 10.2. The Morgan fingerprint density at radius 3 is 2.74 bits per heavy atom. The van der Waals surface area contributed by atoms with Gasteiger partial charge < -0.3 is 0 Å². The highest BCUT2D eigenvalue weighted by Crippen LogP contribution is 2.32. The normalized spacial score (nSPS) is 11.3. The van der Waals surface area contributed by atoms with Crippen LogP contribution >= 0.6 is 34.5 Å². The third kappa shape index (κ3) is 2.56. The molecule has 0 aliphatic carbocycles. The average molecular weight is 366 g/mol. The summed E-state index contributed by atoms with van der Waals surface area (Å²) in [6.07, 6.45) is 0. The van der Waals surface area contributed by atoms with Gasteiger partial charge in [0.1, 0.15) is 16.1 Å². The monoisotopic (exact) mass is 365 g/mol. The molecule has 0 spiro atoms. The van der Waals surface area contributed by atoms with Crippen molar-refractivity contribution in [3.05, 3.63) is 52.5 Å². The van der Waals surface area contributed by atoms with Crippen molar-refractivity contribution in [2.24, 2.45) is 0 Å². The summed E-state index contributed by atoms with van der Waals surface area (Å²) < 4.78 is 15.0. The van der Waals surface area contributed by atoms with E-state index in [9.17, 15) is 4.39 Å². The van der Waals surface area contributed by atoms with Gasteiger partial charge in [0.2, 0.25) is 4.96 Å². The summed E-state index contributed by atoms with van der Waals surface area (Å²) in [6, 6.07) is 9.48. The molecule has 4 rings (SSSR count). The first-order valence-corrected chi connectivity index (χ1v) is 7.99. The summed E-state index contributed by atoms with van der Waals surface area (Å²) in [5.41, 5.74) is 1.24. The molecule has 0 aliphatic heterocycles. The summed E-state index contributed by atoms with van der Waals surface area (Å²) >= 11 is 13.2. The Kier molecular flexibility index (Phi) is 3.48. The van der Waals surface area contributed by atoms with Gasteiger partial charge in [-0.15, -0.1) is 10.2 Å². The maximum Gasteiger partial charge on any atom is 0.235 e. The molecule has 9 heteroatoms. The van der Waals surface area contributed by atoms with Crippen LogP contribution in [0.2, 0.25) is 10.3 Å². The minimum atomic E-state index is -0.348. The summed E-state index contributed by atoms with van der Waals surface area (Å²) in [5, 5.41) is 13.8. The fourth-order valence-electron chi connectivity index (χ4n) is 2.11. The van der Waals surface area contributed by atoms with Gasteiger partial charge in [0, 0.05) is 11.1 Å². The third-order valence-corrected chi connectivity index (χ3v) is 4.55. The van der Waals surface area contributed by atoms with Crippen molar-refractivity contribution in [3.8, 4) is 22.0 Å². The molecule has 3 aromatic heterocycles. The van der Waals surface area contributed by atoms with E-state index in [0.717, 1.165) is 0 Å². The van der Waals surface area contributed by atoms with Crippen molar-refractivity contribution in [2.45, 2.75) is 0 Å². The van der Waals surface area contributed by atoms with Gasteiger partial charge >= 0.3 is 0 Å². The van der Waals surface area contributed by atoms with Gasteiger partial charge in [0.25, 0.3) is 0 Å².